The number of nitrogens with zero attached hydrogens (tertiary/aromatic N) is 2. The van der Waals surface area contributed by atoms with Crippen LogP contribution < -0.4 is 10.6 Å². The molecular formula is C38H66N4O7. The number of likely N-dealkylation sites (tertiary alicyclic amines) is 1. The molecule has 11 heteroatoms. The number of aliphatic hydroxyl groups is 2. The van der Waals surface area contributed by atoms with Crippen LogP contribution in [0, 0.1) is 23.7 Å². The number of carbonyl (C=O) groups excluding carboxylic acids is 3. The van der Waals surface area contributed by atoms with E-state index < -0.39 is 42.5 Å². The molecule has 0 spiro atoms. The van der Waals surface area contributed by atoms with E-state index in [9.17, 15) is 24.6 Å². The van der Waals surface area contributed by atoms with Crippen LogP contribution in [0.1, 0.15) is 99.2 Å². The van der Waals surface area contributed by atoms with Gasteiger partial charge in [-0.1, -0.05) is 85.2 Å². The van der Waals surface area contributed by atoms with Gasteiger partial charge in [-0.3, -0.25) is 19.3 Å². The molecule has 49 heavy (non-hydrogen) atoms. The molecule has 1 aliphatic rings. The van der Waals surface area contributed by atoms with Crippen LogP contribution in [0.15, 0.2) is 30.3 Å². The number of benzene rings is 1. The van der Waals surface area contributed by atoms with Crippen molar-refractivity contribution >= 4 is 17.7 Å². The second-order valence-corrected chi connectivity index (χ2v) is 14.8. The van der Waals surface area contributed by atoms with Crippen molar-refractivity contribution < 1.29 is 34.1 Å². The highest BCUT2D eigenvalue weighted by atomic mass is 16.5. The van der Waals surface area contributed by atoms with E-state index in [1.807, 2.05) is 69.9 Å². The zero-order chi connectivity index (χ0) is 37.0. The van der Waals surface area contributed by atoms with Gasteiger partial charge in [0.05, 0.1) is 36.3 Å². The second-order valence-electron chi connectivity index (χ2n) is 14.8. The van der Waals surface area contributed by atoms with Gasteiger partial charge in [0.15, 0.2) is 0 Å². The SMILES string of the molecule is CC[C@H](C)[C@@H]([C@@H](CC(O)N1CCC[C@H]1[C@H](OC)[C@@H](C)C(=O)N[C@H](C)[C@@H](O)c1ccccc1)OC)N(C)C(=O)[C@@H](NC(=O)CC(C)C)C(C)C. The molecule has 10 atom stereocenters. The topological polar surface area (TPSA) is 141 Å². The van der Waals surface area contributed by atoms with Crippen molar-refractivity contribution in [3.8, 4) is 0 Å². The first-order chi connectivity index (χ1) is 23.1. The Morgan fingerprint density at radius 2 is 1.61 bits per heavy atom. The summed E-state index contributed by atoms with van der Waals surface area (Å²) in [5, 5.41) is 28.5. The molecule has 11 nitrogen and oxygen atoms in total. The maximum atomic E-state index is 14.0. The Bertz CT molecular complexity index is 1150. The summed E-state index contributed by atoms with van der Waals surface area (Å²) in [6.07, 6.45) is 0.167. The van der Waals surface area contributed by atoms with Gasteiger partial charge in [0, 0.05) is 46.7 Å². The number of carbonyl (C=O) groups is 3. The molecule has 4 N–H and O–H groups in total. The molecule has 1 aliphatic heterocycles. The van der Waals surface area contributed by atoms with Gasteiger partial charge in [-0.25, -0.2) is 0 Å². The fourth-order valence-corrected chi connectivity index (χ4v) is 7.20. The number of aliphatic hydroxyl groups excluding tert-OH is 2. The minimum Gasteiger partial charge on any atom is -0.386 e. The van der Waals surface area contributed by atoms with E-state index in [1.165, 1.54) is 0 Å². The van der Waals surface area contributed by atoms with Gasteiger partial charge in [-0.15, -0.1) is 0 Å². The monoisotopic (exact) mass is 690 g/mol. The molecule has 1 fully saturated rings. The summed E-state index contributed by atoms with van der Waals surface area (Å²) in [6.45, 7) is 16.2. The third kappa shape index (κ3) is 11.7. The largest absolute Gasteiger partial charge is 0.386 e. The Balaban J connectivity index is 2.21. The summed E-state index contributed by atoms with van der Waals surface area (Å²) in [7, 11) is 4.95. The molecule has 0 aliphatic carbocycles. The molecule has 3 amide bonds. The lowest BCUT2D eigenvalue weighted by Gasteiger charge is -2.42. The number of ether oxygens (including phenoxy) is 2. The molecule has 2 rings (SSSR count). The van der Waals surface area contributed by atoms with Crippen molar-refractivity contribution in [3.63, 3.8) is 0 Å². The molecule has 1 aromatic carbocycles. The van der Waals surface area contributed by atoms with E-state index in [4.69, 9.17) is 9.47 Å². The van der Waals surface area contributed by atoms with Crippen LogP contribution in [-0.4, -0.2) is 108 Å². The number of methoxy groups -OCH3 is 2. The van der Waals surface area contributed by atoms with Crippen molar-refractivity contribution in [3.05, 3.63) is 35.9 Å². The van der Waals surface area contributed by atoms with E-state index in [0.717, 1.165) is 24.8 Å². The van der Waals surface area contributed by atoms with Gasteiger partial charge in [-0.05, 0) is 43.1 Å². The van der Waals surface area contributed by atoms with E-state index >= 15 is 0 Å². The fourth-order valence-electron chi connectivity index (χ4n) is 7.20. The molecule has 280 valence electrons. The molecule has 1 unspecified atom stereocenters. The van der Waals surface area contributed by atoms with Crippen molar-refractivity contribution in [2.45, 2.75) is 136 Å². The standard InChI is InChI=1S/C38H66N4O7/c1-12-25(6)34(41(9)38(47)33(24(4)5)40-31(43)21-23(2)3)30(48-10)22-32(44)42-20-16-19-29(42)36(49-11)26(7)37(46)39-27(8)35(45)28-17-14-13-15-18-28/h13-15,17-18,23-27,29-30,32-36,44-45H,12,16,19-22H2,1-11H3,(H,39,46)(H,40,43)/t25-,26+,27+,29-,30+,32?,33-,34-,35+,36+/m0/s1. The highest BCUT2D eigenvalue weighted by Crippen LogP contribution is 2.31. The lowest BCUT2D eigenvalue weighted by Crippen LogP contribution is -2.58. The van der Waals surface area contributed by atoms with Crippen LogP contribution in [0.2, 0.25) is 0 Å². The maximum Gasteiger partial charge on any atom is 0.245 e. The lowest BCUT2D eigenvalue weighted by molar-refractivity contribution is -0.145. The Morgan fingerprint density at radius 1 is 0.980 bits per heavy atom. The highest BCUT2D eigenvalue weighted by molar-refractivity contribution is 5.88. The summed E-state index contributed by atoms with van der Waals surface area (Å²) in [4.78, 5) is 43.8. The summed E-state index contributed by atoms with van der Waals surface area (Å²) in [5.74, 6) is -1.01. The summed E-state index contributed by atoms with van der Waals surface area (Å²) < 4.78 is 12.0. The Hall–Kier alpha value is -2.57. The van der Waals surface area contributed by atoms with Crippen molar-refractivity contribution in [1.82, 2.24) is 20.4 Å². The van der Waals surface area contributed by atoms with Crippen LogP contribution in [-0.2, 0) is 23.9 Å². The quantitative estimate of drug-likeness (QED) is 0.160. The average Bonchev–Trinajstić information content (AvgIpc) is 3.55. The van der Waals surface area contributed by atoms with Gasteiger partial charge in [0.2, 0.25) is 17.7 Å². The summed E-state index contributed by atoms with van der Waals surface area (Å²) >= 11 is 0. The number of likely N-dealkylation sites (N-methyl/N-ethyl adjacent to an activating group) is 1. The zero-order valence-electron chi connectivity index (χ0n) is 31.9. The third-order valence-corrected chi connectivity index (χ3v) is 10.3. The minimum absolute atomic E-state index is 0.0447. The van der Waals surface area contributed by atoms with Gasteiger partial charge in [-0.2, -0.15) is 0 Å². The van der Waals surface area contributed by atoms with Crippen LogP contribution >= 0.6 is 0 Å². The van der Waals surface area contributed by atoms with Crippen LogP contribution in [0.25, 0.3) is 0 Å². The molecule has 1 aromatic rings. The van der Waals surface area contributed by atoms with Crippen LogP contribution in [0.5, 0.6) is 0 Å². The molecule has 1 heterocycles. The highest BCUT2D eigenvalue weighted by Gasteiger charge is 2.43. The van der Waals surface area contributed by atoms with E-state index in [2.05, 4.69) is 24.5 Å². The van der Waals surface area contributed by atoms with Crippen molar-refractivity contribution in [2.24, 2.45) is 23.7 Å². The predicted octanol–water partition coefficient (Wildman–Crippen LogP) is 4.12. The predicted molar refractivity (Wildman–Crippen MR) is 192 cm³/mol. The summed E-state index contributed by atoms with van der Waals surface area (Å²) in [6, 6.07) is 7.45. The van der Waals surface area contributed by atoms with Gasteiger partial charge in [0.25, 0.3) is 0 Å². The third-order valence-electron chi connectivity index (χ3n) is 10.3. The van der Waals surface area contributed by atoms with Crippen molar-refractivity contribution in [2.75, 3.05) is 27.8 Å². The molecular weight excluding hydrogens is 624 g/mol. The molecule has 1 saturated heterocycles. The van der Waals surface area contributed by atoms with Crippen LogP contribution in [0.4, 0.5) is 0 Å². The Morgan fingerprint density at radius 3 is 2.14 bits per heavy atom. The summed E-state index contributed by atoms with van der Waals surface area (Å²) in [5.41, 5.74) is 0.725. The number of rotatable bonds is 20. The molecule has 0 aromatic heterocycles. The van der Waals surface area contributed by atoms with Crippen LogP contribution in [0.3, 0.4) is 0 Å². The number of amides is 3. The molecule has 0 radical (unpaired) electrons. The Labute approximate surface area is 295 Å². The number of hydrogen-bond donors (Lipinski definition) is 4. The Kier molecular flexibility index (Phi) is 17.7. The maximum absolute atomic E-state index is 14.0. The van der Waals surface area contributed by atoms with E-state index in [1.54, 1.807) is 33.1 Å². The first-order valence-electron chi connectivity index (χ1n) is 18.2. The minimum atomic E-state index is -0.911. The van der Waals surface area contributed by atoms with Gasteiger partial charge < -0.3 is 35.2 Å². The van der Waals surface area contributed by atoms with E-state index in [-0.39, 0.29) is 54.0 Å². The normalized spacial score (nSPS) is 20.9. The van der Waals surface area contributed by atoms with Gasteiger partial charge >= 0.3 is 0 Å². The van der Waals surface area contributed by atoms with Gasteiger partial charge in [0.1, 0.15) is 12.3 Å². The first kappa shape index (κ1) is 42.6. The van der Waals surface area contributed by atoms with Crippen molar-refractivity contribution in [1.29, 1.82) is 0 Å². The first-order valence-corrected chi connectivity index (χ1v) is 18.2. The van der Waals surface area contributed by atoms with E-state index in [0.29, 0.717) is 13.0 Å². The average molecular weight is 691 g/mol. The smallest absolute Gasteiger partial charge is 0.245 e. The fraction of sp³-hybridized carbons (Fsp3) is 0.763. The number of hydrogen-bond acceptors (Lipinski definition) is 8. The number of nitrogens with one attached hydrogen (secondary N) is 2. The lowest BCUT2D eigenvalue weighted by atomic mass is 9.89. The molecule has 0 saturated carbocycles. The molecule has 0 bridgehead atoms. The zero-order valence-corrected chi connectivity index (χ0v) is 31.9. The second kappa shape index (κ2) is 20.3.